The Balaban J connectivity index is 1.75. The first-order valence-corrected chi connectivity index (χ1v) is 7.11. The molecule has 0 spiro atoms. The topological polar surface area (TPSA) is 46.1 Å². The Morgan fingerprint density at radius 2 is 2.14 bits per heavy atom. The van der Waals surface area contributed by atoms with Gasteiger partial charge < -0.3 is 4.90 Å². The van der Waals surface area contributed by atoms with Gasteiger partial charge in [0.25, 0.3) is 5.91 Å². The first kappa shape index (κ1) is 12.4. The molecule has 2 aliphatic rings. The lowest BCUT2D eigenvalue weighted by Crippen LogP contribution is -2.42. The van der Waals surface area contributed by atoms with Crippen LogP contribution < -0.4 is 0 Å². The molecular weight excluding hydrogens is 269 g/mol. The van der Waals surface area contributed by atoms with Gasteiger partial charge in [-0.05, 0) is 25.0 Å². The van der Waals surface area contributed by atoms with Gasteiger partial charge in [0.2, 0.25) is 0 Å². The number of aromatic nitrogens is 2. The fourth-order valence-electron chi connectivity index (χ4n) is 3.51. The van der Waals surface area contributed by atoms with E-state index < -0.39 is 5.82 Å². The van der Waals surface area contributed by atoms with E-state index in [1.165, 1.54) is 6.07 Å². The van der Waals surface area contributed by atoms with Crippen LogP contribution in [0.4, 0.5) is 4.39 Å². The monoisotopic (exact) mass is 283 g/mol. The second-order valence-corrected chi connectivity index (χ2v) is 5.57. The van der Waals surface area contributed by atoms with Gasteiger partial charge in [0.05, 0.1) is 17.3 Å². The predicted octanol–water partition coefficient (Wildman–Crippen LogP) is 2.52. The SMILES string of the molecule is O=C(c1ccccc1F)N1[C@H]2CC[C@H]1c1cncnc1C2. The van der Waals surface area contributed by atoms with Crippen LogP contribution in [0.1, 0.15) is 40.5 Å². The molecule has 1 fully saturated rings. The maximum atomic E-state index is 13.9. The van der Waals surface area contributed by atoms with Crippen molar-refractivity contribution in [2.75, 3.05) is 0 Å². The summed E-state index contributed by atoms with van der Waals surface area (Å²) in [6.07, 6.45) is 5.89. The highest BCUT2D eigenvalue weighted by Gasteiger charge is 2.43. The maximum absolute atomic E-state index is 13.9. The molecule has 0 aliphatic carbocycles. The Labute approximate surface area is 121 Å². The number of hydrogen-bond donors (Lipinski definition) is 0. The van der Waals surface area contributed by atoms with Crippen LogP contribution >= 0.6 is 0 Å². The lowest BCUT2D eigenvalue weighted by molar-refractivity contribution is 0.0639. The molecule has 3 heterocycles. The smallest absolute Gasteiger partial charge is 0.257 e. The van der Waals surface area contributed by atoms with Gasteiger partial charge in [-0.3, -0.25) is 4.79 Å². The van der Waals surface area contributed by atoms with Crippen molar-refractivity contribution in [3.63, 3.8) is 0 Å². The van der Waals surface area contributed by atoms with Gasteiger partial charge in [0.15, 0.2) is 0 Å². The van der Waals surface area contributed by atoms with Crippen LogP contribution in [-0.4, -0.2) is 26.8 Å². The number of rotatable bonds is 1. The quantitative estimate of drug-likeness (QED) is 0.808. The van der Waals surface area contributed by atoms with Gasteiger partial charge in [-0.1, -0.05) is 12.1 Å². The summed E-state index contributed by atoms with van der Waals surface area (Å²) in [6.45, 7) is 0. The Hall–Kier alpha value is -2.30. The molecule has 0 N–H and O–H groups in total. The molecule has 0 unspecified atom stereocenters. The number of halogens is 1. The van der Waals surface area contributed by atoms with Crippen molar-refractivity contribution in [1.82, 2.24) is 14.9 Å². The zero-order valence-electron chi connectivity index (χ0n) is 11.4. The number of fused-ring (bicyclic) bond motifs is 4. The highest BCUT2D eigenvalue weighted by molar-refractivity contribution is 5.95. The number of amides is 1. The van der Waals surface area contributed by atoms with Crippen molar-refractivity contribution in [3.05, 3.63) is 59.4 Å². The van der Waals surface area contributed by atoms with Crippen LogP contribution in [0.15, 0.2) is 36.8 Å². The summed E-state index contributed by atoms with van der Waals surface area (Å²) in [5, 5.41) is 0. The summed E-state index contributed by atoms with van der Waals surface area (Å²) >= 11 is 0. The largest absolute Gasteiger partial charge is 0.328 e. The van der Waals surface area contributed by atoms with Crippen LogP contribution in [0.2, 0.25) is 0 Å². The number of hydrogen-bond acceptors (Lipinski definition) is 3. The van der Waals surface area contributed by atoms with E-state index in [1.54, 1.807) is 30.7 Å². The standard InChI is InChI=1S/C16H14FN3O/c17-13-4-2-1-3-11(13)16(21)20-10-5-6-15(20)12-8-18-9-19-14(12)7-10/h1-4,8-10,15H,5-7H2/t10-,15-/m0/s1. The van der Waals surface area contributed by atoms with E-state index in [-0.39, 0.29) is 23.6 Å². The van der Waals surface area contributed by atoms with E-state index in [0.29, 0.717) is 0 Å². The van der Waals surface area contributed by atoms with Gasteiger partial charge >= 0.3 is 0 Å². The van der Waals surface area contributed by atoms with Crippen LogP contribution in [0.25, 0.3) is 0 Å². The molecule has 0 radical (unpaired) electrons. The molecule has 4 nitrogen and oxygen atoms in total. The van der Waals surface area contributed by atoms with E-state index in [0.717, 1.165) is 30.5 Å². The Morgan fingerprint density at radius 3 is 3.00 bits per heavy atom. The molecule has 1 aromatic carbocycles. The van der Waals surface area contributed by atoms with Crippen LogP contribution in [-0.2, 0) is 6.42 Å². The minimum Gasteiger partial charge on any atom is -0.328 e. The second kappa shape index (κ2) is 4.62. The van der Waals surface area contributed by atoms with Crippen molar-refractivity contribution in [3.8, 4) is 0 Å². The van der Waals surface area contributed by atoms with Crippen LogP contribution in [0.3, 0.4) is 0 Å². The molecule has 2 bridgehead atoms. The summed E-state index contributed by atoms with van der Waals surface area (Å²) in [6, 6.07) is 6.26. The molecule has 4 rings (SSSR count). The van der Waals surface area contributed by atoms with Gasteiger partial charge in [0, 0.05) is 24.2 Å². The average molecular weight is 283 g/mol. The van der Waals surface area contributed by atoms with Gasteiger partial charge in [-0.2, -0.15) is 0 Å². The van der Waals surface area contributed by atoms with E-state index in [9.17, 15) is 9.18 Å². The third-order valence-corrected chi connectivity index (χ3v) is 4.46. The molecule has 5 heteroatoms. The first-order chi connectivity index (χ1) is 10.3. The minimum absolute atomic E-state index is 0.0212. The molecule has 2 aromatic rings. The van der Waals surface area contributed by atoms with Crippen molar-refractivity contribution in [2.45, 2.75) is 31.3 Å². The van der Waals surface area contributed by atoms with Crippen LogP contribution in [0.5, 0.6) is 0 Å². The fraction of sp³-hybridized carbons (Fsp3) is 0.312. The molecule has 106 valence electrons. The number of nitrogens with zero attached hydrogens (tertiary/aromatic N) is 3. The molecule has 0 saturated carbocycles. The summed E-state index contributed by atoms with van der Waals surface area (Å²) in [7, 11) is 0. The Kier molecular flexibility index (Phi) is 2.74. The van der Waals surface area contributed by atoms with Gasteiger partial charge in [-0.15, -0.1) is 0 Å². The van der Waals surface area contributed by atoms with Crippen LogP contribution in [0, 0.1) is 5.82 Å². The molecule has 2 aliphatic heterocycles. The zero-order chi connectivity index (χ0) is 14.4. The Bertz CT molecular complexity index is 718. The summed E-state index contributed by atoms with van der Waals surface area (Å²) < 4.78 is 13.9. The molecule has 21 heavy (non-hydrogen) atoms. The highest BCUT2D eigenvalue weighted by atomic mass is 19.1. The fourth-order valence-corrected chi connectivity index (χ4v) is 3.51. The summed E-state index contributed by atoms with van der Waals surface area (Å²) in [5.41, 5.74) is 2.18. The van der Waals surface area contributed by atoms with Crippen molar-refractivity contribution >= 4 is 5.91 Å². The third-order valence-electron chi connectivity index (χ3n) is 4.46. The lowest BCUT2D eigenvalue weighted by atomic mass is 9.98. The zero-order valence-corrected chi connectivity index (χ0v) is 11.4. The molecule has 2 atom stereocenters. The van der Waals surface area contributed by atoms with E-state index >= 15 is 0 Å². The average Bonchev–Trinajstić information content (AvgIpc) is 2.82. The maximum Gasteiger partial charge on any atom is 0.257 e. The Morgan fingerprint density at radius 1 is 1.29 bits per heavy atom. The first-order valence-electron chi connectivity index (χ1n) is 7.11. The predicted molar refractivity (Wildman–Crippen MR) is 74.1 cm³/mol. The van der Waals surface area contributed by atoms with Gasteiger partial charge in [-0.25, -0.2) is 14.4 Å². The number of carbonyl (C=O) groups excluding carboxylic acids is 1. The van der Waals surface area contributed by atoms with E-state index in [1.807, 2.05) is 4.90 Å². The summed E-state index contributed by atoms with van der Waals surface area (Å²) in [5.74, 6) is -0.688. The van der Waals surface area contributed by atoms with Crippen molar-refractivity contribution < 1.29 is 9.18 Å². The molecule has 1 aromatic heterocycles. The van der Waals surface area contributed by atoms with E-state index in [2.05, 4.69) is 9.97 Å². The lowest BCUT2D eigenvalue weighted by Gasteiger charge is -2.35. The van der Waals surface area contributed by atoms with Crippen molar-refractivity contribution in [1.29, 1.82) is 0 Å². The molecule has 1 saturated heterocycles. The van der Waals surface area contributed by atoms with Crippen molar-refractivity contribution in [2.24, 2.45) is 0 Å². The highest BCUT2D eigenvalue weighted by Crippen LogP contribution is 2.43. The molecule has 1 amide bonds. The second-order valence-electron chi connectivity index (χ2n) is 5.57. The number of benzene rings is 1. The summed E-state index contributed by atoms with van der Waals surface area (Å²) in [4.78, 5) is 23.0. The molecular formula is C16H14FN3O. The normalized spacial score (nSPS) is 23.0. The minimum atomic E-state index is -0.461. The third kappa shape index (κ3) is 1.84. The van der Waals surface area contributed by atoms with Gasteiger partial charge in [0.1, 0.15) is 12.1 Å². The number of carbonyl (C=O) groups is 1. The van der Waals surface area contributed by atoms with E-state index in [4.69, 9.17) is 0 Å².